The van der Waals surface area contributed by atoms with Gasteiger partial charge in [-0.1, -0.05) is 0 Å². The van der Waals surface area contributed by atoms with E-state index in [-0.39, 0.29) is 5.56 Å². The first-order valence-electron chi connectivity index (χ1n) is 7.29. The number of rotatable bonds is 4. The highest BCUT2D eigenvalue weighted by molar-refractivity contribution is 5.98. The van der Waals surface area contributed by atoms with Crippen molar-refractivity contribution in [2.75, 3.05) is 5.43 Å². The van der Waals surface area contributed by atoms with Crippen LogP contribution in [-0.2, 0) is 0 Å². The molecule has 0 radical (unpaired) electrons. The average molecular weight is 324 g/mol. The molecule has 8 nitrogen and oxygen atoms in total. The molecule has 8 heteroatoms. The van der Waals surface area contributed by atoms with Crippen LogP contribution in [0.4, 0.5) is 5.69 Å². The van der Waals surface area contributed by atoms with Crippen LogP contribution in [0.3, 0.4) is 0 Å². The largest absolute Gasteiger partial charge is 0.478 e. The Morgan fingerprint density at radius 2 is 1.92 bits per heavy atom. The lowest BCUT2D eigenvalue weighted by atomic mass is 10.2. The Morgan fingerprint density at radius 1 is 1.21 bits per heavy atom. The third-order valence-electron chi connectivity index (χ3n) is 3.55. The number of hydrogen-bond acceptors (Lipinski definition) is 6. The fraction of sp³-hybridized carbons (Fsp3) is 0.188. The molecule has 0 fully saturated rings. The van der Waals surface area contributed by atoms with Crippen LogP contribution in [-0.4, -0.2) is 36.6 Å². The maximum Gasteiger partial charge on any atom is 0.335 e. The zero-order valence-corrected chi connectivity index (χ0v) is 13.5. The predicted octanol–water partition coefficient (Wildman–Crippen LogP) is 2.28. The Morgan fingerprint density at radius 3 is 2.58 bits per heavy atom. The highest BCUT2D eigenvalue weighted by Gasteiger charge is 2.11. The molecule has 1 aromatic carbocycles. The SMILES string of the molecule is CC(=NNc1ccc(C(=O)O)cc1)c1nnc2cc(C)nn2c1C. The van der Waals surface area contributed by atoms with Gasteiger partial charge in [0.1, 0.15) is 5.69 Å². The van der Waals surface area contributed by atoms with Gasteiger partial charge in [0.2, 0.25) is 0 Å². The number of hydrogen-bond donors (Lipinski definition) is 2. The van der Waals surface area contributed by atoms with Gasteiger partial charge in [0.25, 0.3) is 0 Å². The number of carbonyl (C=O) groups is 1. The maximum atomic E-state index is 10.8. The van der Waals surface area contributed by atoms with Crippen LogP contribution in [0.5, 0.6) is 0 Å². The van der Waals surface area contributed by atoms with E-state index in [2.05, 4.69) is 25.8 Å². The Hall–Kier alpha value is -3.29. The van der Waals surface area contributed by atoms with E-state index >= 15 is 0 Å². The number of anilines is 1. The van der Waals surface area contributed by atoms with Gasteiger partial charge in [0.15, 0.2) is 5.65 Å². The number of carboxylic acid groups (broad SMARTS) is 1. The van der Waals surface area contributed by atoms with Crippen molar-refractivity contribution in [1.29, 1.82) is 0 Å². The first-order valence-corrected chi connectivity index (χ1v) is 7.29. The number of aromatic nitrogens is 4. The molecule has 2 heterocycles. The zero-order valence-electron chi connectivity index (χ0n) is 13.5. The molecule has 0 aliphatic rings. The molecule has 0 atom stereocenters. The second-order valence-electron chi connectivity index (χ2n) is 5.38. The van der Waals surface area contributed by atoms with Crippen molar-refractivity contribution in [3.05, 3.63) is 53.0 Å². The molecule has 2 N–H and O–H groups in total. The summed E-state index contributed by atoms with van der Waals surface area (Å²) in [4.78, 5) is 10.8. The van der Waals surface area contributed by atoms with Crippen LogP contribution in [0, 0.1) is 13.8 Å². The Labute approximate surface area is 137 Å². The van der Waals surface area contributed by atoms with E-state index in [1.165, 1.54) is 12.1 Å². The third-order valence-corrected chi connectivity index (χ3v) is 3.55. The third kappa shape index (κ3) is 2.94. The van der Waals surface area contributed by atoms with Crippen molar-refractivity contribution in [3.8, 4) is 0 Å². The molecule has 0 saturated heterocycles. The van der Waals surface area contributed by atoms with Crippen LogP contribution in [0.1, 0.15) is 34.4 Å². The quantitative estimate of drug-likeness (QED) is 0.563. The predicted molar refractivity (Wildman–Crippen MR) is 89.5 cm³/mol. The minimum absolute atomic E-state index is 0.225. The van der Waals surface area contributed by atoms with E-state index in [9.17, 15) is 4.79 Å². The number of nitrogens with one attached hydrogen (secondary N) is 1. The number of aromatic carboxylic acids is 1. The van der Waals surface area contributed by atoms with Crippen molar-refractivity contribution in [2.24, 2.45) is 5.10 Å². The van der Waals surface area contributed by atoms with E-state index < -0.39 is 5.97 Å². The number of nitrogens with zero attached hydrogens (tertiary/aromatic N) is 5. The lowest BCUT2D eigenvalue weighted by Crippen LogP contribution is -2.11. The van der Waals surface area contributed by atoms with Gasteiger partial charge < -0.3 is 5.11 Å². The van der Waals surface area contributed by atoms with Crippen LogP contribution in [0.2, 0.25) is 0 Å². The second-order valence-corrected chi connectivity index (χ2v) is 5.38. The summed E-state index contributed by atoms with van der Waals surface area (Å²) in [6, 6.07) is 8.19. The molecule has 0 unspecified atom stereocenters. The van der Waals surface area contributed by atoms with E-state index in [1.54, 1.807) is 16.6 Å². The summed E-state index contributed by atoms with van der Waals surface area (Å²) in [5.41, 5.74) is 7.49. The lowest BCUT2D eigenvalue weighted by Gasteiger charge is -2.06. The fourth-order valence-corrected chi connectivity index (χ4v) is 2.30. The minimum atomic E-state index is -0.963. The van der Waals surface area contributed by atoms with Gasteiger partial charge in [-0.15, -0.1) is 10.2 Å². The molecule has 122 valence electrons. The number of hydrazone groups is 1. The lowest BCUT2D eigenvalue weighted by molar-refractivity contribution is 0.0697. The summed E-state index contributed by atoms with van der Waals surface area (Å²) < 4.78 is 1.73. The van der Waals surface area contributed by atoms with Gasteiger partial charge in [-0.05, 0) is 45.0 Å². The summed E-state index contributed by atoms with van der Waals surface area (Å²) in [5.74, 6) is -0.963. The summed E-state index contributed by atoms with van der Waals surface area (Å²) in [6.45, 7) is 5.62. The molecular weight excluding hydrogens is 308 g/mol. The highest BCUT2D eigenvalue weighted by atomic mass is 16.4. The van der Waals surface area contributed by atoms with E-state index in [0.29, 0.717) is 22.7 Å². The number of aryl methyl sites for hydroxylation is 2. The van der Waals surface area contributed by atoms with Crippen molar-refractivity contribution in [3.63, 3.8) is 0 Å². The monoisotopic (exact) mass is 324 g/mol. The van der Waals surface area contributed by atoms with Gasteiger partial charge in [-0.25, -0.2) is 9.31 Å². The van der Waals surface area contributed by atoms with Gasteiger partial charge in [-0.3, -0.25) is 5.43 Å². The summed E-state index contributed by atoms with van der Waals surface area (Å²) in [7, 11) is 0. The van der Waals surface area contributed by atoms with Gasteiger partial charge in [0, 0.05) is 6.07 Å². The highest BCUT2D eigenvalue weighted by Crippen LogP contribution is 2.12. The first-order chi connectivity index (χ1) is 11.5. The Kier molecular flexibility index (Phi) is 3.95. The maximum absolute atomic E-state index is 10.8. The van der Waals surface area contributed by atoms with Crippen LogP contribution in [0.15, 0.2) is 35.4 Å². The van der Waals surface area contributed by atoms with Gasteiger partial charge in [0.05, 0.1) is 28.4 Å². The molecule has 0 aliphatic heterocycles. The molecule has 3 aromatic rings. The summed E-state index contributed by atoms with van der Waals surface area (Å²) >= 11 is 0. The average Bonchev–Trinajstić information content (AvgIpc) is 2.95. The van der Waals surface area contributed by atoms with Gasteiger partial charge >= 0.3 is 5.97 Å². The van der Waals surface area contributed by atoms with Crippen LogP contribution in [0.25, 0.3) is 5.65 Å². The van der Waals surface area contributed by atoms with Crippen LogP contribution >= 0.6 is 0 Å². The molecule has 3 rings (SSSR count). The molecule has 24 heavy (non-hydrogen) atoms. The smallest absolute Gasteiger partial charge is 0.335 e. The number of carboxylic acids is 1. The standard InChI is InChI=1S/C16H16N6O2/c1-9-8-14-19-20-15(11(3)22(14)21-9)10(2)17-18-13-6-4-12(5-7-13)16(23)24/h4-8,18H,1-3H3,(H,23,24). The minimum Gasteiger partial charge on any atom is -0.478 e. The first kappa shape index (κ1) is 15.6. The molecule has 0 saturated carbocycles. The van der Waals surface area contributed by atoms with Crippen molar-refractivity contribution in [1.82, 2.24) is 19.8 Å². The van der Waals surface area contributed by atoms with Crippen LogP contribution < -0.4 is 5.43 Å². The molecule has 0 spiro atoms. The summed E-state index contributed by atoms with van der Waals surface area (Å²) in [6.07, 6.45) is 0. The second kappa shape index (κ2) is 6.07. The molecule has 2 aromatic heterocycles. The van der Waals surface area contributed by atoms with E-state index in [4.69, 9.17) is 5.11 Å². The molecular formula is C16H16N6O2. The molecule has 0 amide bonds. The van der Waals surface area contributed by atoms with Gasteiger partial charge in [-0.2, -0.15) is 10.2 Å². The Bertz CT molecular complexity index is 943. The normalized spacial score (nSPS) is 11.7. The van der Waals surface area contributed by atoms with Crippen molar-refractivity contribution < 1.29 is 9.90 Å². The Balaban J connectivity index is 1.85. The fourth-order valence-electron chi connectivity index (χ4n) is 2.30. The molecule has 0 bridgehead atoms. The van der Waals surface area contributed by atoms with E-state index in [0.717, 1.165) is 11.4 Å². The van der Waals surface area contributed by atoms with Crippen molar-refractivity contribution >= 4 is 23.0 Å². The number of fused-ring (bicyclic) bond motifs is 1. The number of benzene rings is 1. The zero-order chi connectivity index (χ0) is 17.3. The van der Waals surface area contributed by atoms with Crippen molar-refractivity contribution in [2.45, 2.75) is 20.8 Å². The topological polar surface area (TPSA) is 105 Å². The summed E-state index contributed by atoms with van der Waals surface area (Å²) in [5, 5.41) is 25.9. The van der Waals surface area contributed by atoms with E-state index in [1.807, 2.05) is 26.8 Å². The molecule has 0 aliphatic carbocycles.